The van der Waals surface area contributed by atoms with E-state index in [0.29, 0.717) is 5.82 Å². The van der Waals surface area contributed by atoms with Gasteiger partial charge in [-0.25, -0.2) is 0 Å². The molecule has 0 saturated carbocycles. The third kappa shape index (κ3) is 3.77. The van der Waals surface area contributed by atoms with E-state index in [1.807, 2.05) is 30.5 Å². The van der Waals surface area contributed by atoms with Gasteiger partial charge in [-0.1, -0.05) is 19.1 Å². The molecule has 0 unspecified atom stereocenters. The Bertz CT molecular complexity index is 573. The maximum atomic E-state index is 5.75. The van der Waals surface area contributed by atoms with Gasteiger partial charge in [0.1, 0.15) is 11.6 Å². The smallest absolute Gasteiger partial charge is 0.223 e. The molecule has 0 aliphatic carbocycles. The molecule has 2 rings (SSSR count). The summed E-state index contributed by atoms with van der Waals surface area (Å²) in [5.41, 5.74) is 6.76. The summed E-state index contributed by atoms with van der Waals surface area (Å²) in [6.45, 7) is 2.96. The van der Waals surface area contributed by atoms with Crippen molar-refractivity contribution in [2.45, 2.75) is 18.2 Å². The van der Waals surface area contributed by atoms with Crippen molar-refractivity contribution >= 4 is 35.0 Å². The second-order valence-corrected chi connectivity index (χ2v) is 5.10. The molecule has 1 aromatic heterocycles. The van der Waals surface area contributed by atoms with Crippen molar-refractivity contribution in [3.63, 3.8) is 0 Å². The second kappa shape index (κ2) is 7.00. The Morgan fingerprint density at radius 3 is 2.70 bits per heavy atom. The maximum absolute atomic E-state index is 5.75. The fraction of sp³-hybridized carbons (Fsp3) is 0.286. The zero-order chi connectivity index (χ0) is 14.4. The number of rotatable bonds is 6. The number of anilines is 4. The number of nitrogen functional groups attached to an aromatic ring is 1. The minimum absolute atomic E-state index is 0.259. The summed E-state index contributed by atoms with van der Waals surface area (Å²) in [7, 11) is 0. The van der Waals surface area contributed by atoms with Crippen LogP contribution in [-0.4, -0.2) is 22.8 Å². The van der Waals surface area contributed by atoms with Gasteiger partial charge < -0.3 is 16.4 Å². The first-order valence-corrected chi connectivity index (χ1v) is 7.74. The summed E-state index contributed by atoms with van der Waals surface area (Å²) in [4.78, 5) is 9.54. The van der Waals surface area contributed by atoms with Gasteiger partial charge in [-0.15, -0.1) is 11.8 Å². The topological polar surface area (TPSA) is 75.9 Å². The van der Waals surface area contributed by atoms with Crippen molar-refractivity contribution in [2.24, 2.45) is 0 Å². The van der Waals surface area contributed by atoms with Crippen molar-refractivity contribution in [3.8, 4) is 0 Å². The van der Waals surface area contributed by atoms with Crippen LogP contribution in [0.4, 0.5) is 23.3 Å². The van der Waals surface area contributed by atoms with Crippen molar-refractivity contribution in [2.75, 3.05) is 29.2 Å². The lowest BCUT2D eigenvalue weighted by Crippen LogP contribution is -2.07. The zero-order valence-corrected chi connectivity index (χ0v) is 12.5. The summed E-state index contributed by atoms with van der Waals surface area (Å²) in [6.07, 6.45) is 3.07. The molecule has 5 nitrogen and oxygen atoms in total. The number of aromatic nitrogens is 2. The summed E-state index contributed by atoms with van der Waals surface area (Å²) >= 11 is 1.68. The second-order valence-electron chi connectivity index (χ2n) is 4.25. The summed E-state index contributed by atoms with van der Waals surface area (Å²) in [5, 5.41) is 6.50. The lowest BCUT2D eigenvalue weighted by atomic mass is 10.3. The number of para-hydroxylation sites is 1. The van der Waals surface area contributed by atoms with E-state index in [1.54, 1.807) is 11.8 Å². The molecular formula is C14H19N5S. The highest BCUT2D eigenvalue weighted by Gasteiger charge is 2.05. The first-order chi connectivity index (χ1) is 9.72. The molecule has 0 fully saturated rings. The van der Waals surface area contributed by atoms with E-state index in [9.17, 15) is 0 Å². The van der Waals surface area contributed by atoms with E-state index >= 15 is 0 Å². The van der Waals surface area contributed by atoms with Crippen LogP contribution in [-0.2, 0) is 0 Å². The van der Waals surface area contributed by atoms with E-state index in [-0.39, 0.29) is 5.95 Å². The van der Waals surface area contributed by atoms with Crippen LogP contribution in [0.3, 0.4) is 0 Å². The van der Waals surface area contributed by atoms with E-state index in [4.69, 9.17) is 5.73 Å². The lowest BCUT2D eigenvalue weighted by molar-refractivity contribution is 0.967. The molecular weight excluding hydrogens is 270 g/mol. The molecule has 0 aliphatic rings. The number of hydrogen-bond acceptors (Lipinski definition) is 6. The van der Waals surface area contributed by atoms with E-state index in [2.05, 4.69) is 33.6 Å². The lowest BCUT2D eigenvalue weighted by Gasteiger charge is -2.11. The summed E-state index contributed by atoms with van der Waals surface area (Å²) < 4.78 is 0. The van der Waals surface area contributed by atoms with E-state index in [1.165, 1.54) is 0 Å². The highest BCUT2D eigenvalue weighted by Crippen LogP contribution is 2.27. The Hall–Kier alpha value is -1.95. The largest absolute Gasteiger partial charge is 0.370 e. The summed E-state index contributed by atoms with van der Waals surface area (Å²) in [5.74, 6) is 1.69. The first-order valence-electron chi connectivity index (χ1n) is 6.51. The molecule has 1 aromatic carbocycles. The Labute approximate surface area is 123 Å². The van der Waals surface area contributed by atoms with Gasteiger partial charge in [-0.3, -0.25) is 0 Å². The van der Waals surface area contributed by atoms with Gasteiger partial charge in [0, 0.05) is 17.5 Å². The SMILES string of the molecule is CCCNc1cc(Nc2ccccc2SC)nc(N)n1. The van der Waals surface area contributed by atoms with E-state index in [0.717, 1.165) is 29.4 Å². The molecule has 0 amide bonds. The number of hydrogen-bond donors (Lipinski definition) is 3. The molecule has 0 saturated heterocycles. The monoisotopic (exact) mass is 289 g/mol. The molecule has 1 heterocycles. The van der Waals surface area contributed by atoms with Crippen LogP contribution in [0, 0.1) is 0 Å². The number of nitrogens with one attached hydrogen (secondary N) is 2. The fourth-order valence-corrected chi connectivity index (χ4v) is 2.31. The predicted molar refractivity (Wildman–Crippen MR) is 86.7 cm³/mol. The van der Waals surface area contributed by atoms with Gasteiger partial charge in [0.05, 0.1) is 5.69 Å². The zero-order valence-electron chi connectivity index (χ0n) is 11.7. The Morgan fingerprint density at radius 1 is 1.20 bits per heavy atom. The molecule has 106 valence electrons. The van der Waals surface area contributed by atoms with Crippen LogP contribution in [0.15, 0.2) is 35.2 Å². The van der Waals surface area contributed by atoms with Gasteiger partial charge in [0.25, 0.3) is 0 Å². The molecule has 0 spiro atoms. The van der Waals surface area contributed by atoms with Crippen LogP contribution >= 0.6 is 11.8 Å². The number of nitrogens with zero attached hydrogens (tertiary/aromatic N) is 2. The van der Waals surface area contributed by atoms with Gasteiger partial charge in [-0.2, -0.15) is 9.97 Å². The Balaban J connectivity index is 2.22. The Morgan fingerprint density at radius 2 is 1.95 bits per heavy atom. The van der Waals surface area contributed by atoms with Crippen molar-refractivity contribution in [1.29, 1.82) is 0 Å². The molecule has 2 aromatic rings. The average Bonchev–Trinajstić information content (AvgIpc) is 2.45. The number of thioether (sulfide) groups is 1. The molecule has 0 radical (unpaired) electrons. The van der Waals surface area contributed by atoms with Crippen molar-refractivity contribution in [3.05, 3.63) is 30.3 Å². The first kappa shape index (κ1) is 14.5. The number of nitrogens with two attached hydrogens (primary N) is 1. The third-order valence-electron chi connectivity index (χ3n) is 2.67. The van der Waals surface area contributed by atoms with Crippen molar-refractivity contribution < 1.29 is 0 Å². The fourth-order valence-electron chi connectivity index (χ4n) is 1.76. The Kier molecular flexibility index (Phi) is 5.06. The summed E-state index contributed by atoms with van der Waals surface area (Å²) in [6, 6.07) is 9.95. The molecule has 0 bridgehead atoms. The van der Waals surface area contributed by atoms with Gasteiger partial charge in [0.2, 0.25) is 5.95 Å². The highest BCUT2D eigenvalue weighted by molar-refractivity contribution is 7.98. The normalized spacial score (nSPS) is 10.3. The molecule has 20 heavy (non-hydrogen) atoms. The van der Waals surface area contributed by atoms with E-state index < -0.39 is 0 Å². The van der Waals surface area contributed by atoms with Crippen molar-refractivity contribution in [1.82, 2.24) is 9.97 Å². The predicted octanol–water partition coefficient (Wildman–Crippen LogP) is 3.35. The van der Waals surface area contributed by atoms with Crippen LogP contribution in [0.5, 0.6) is 0 Å². The van der Waals surface area contributed by atoms with Crippen LogP contribution in [0.2, 0.25) is 0 Å². The quantitative estimate of drug-likeness (QED) is 0.708. The standard InChI is InChI=1S/C14H19N5S/c1-3-8-16-12-9-13(19-14(15)18-12)17-10-6-4-5-7-11(10)20-2/h4-7,9H,3,8H2,1-2H3,(H4,15,16,17,18,19). The van der Waals surface area contributed by atoms with Gasteiger partial charge in [-0.05, 0) is 24.8 Å². The molecule has 6 heteroatoms. The van der Waals surface area contributed by atoms with Gasteiger partial charge in [0.15, 0.2) is 0 Å². The third-order valence-corrected chi connectivity index (χ3v) is 3.47. The maximum Gasteiger partial charge on any atom is 0.223 e. The number of benzene rings is 1. The minimum atomic E-state index is 0.259. The average molecular weight is 289 g/mol. The molecule has 0 atom stereocenters. The van der Waals surface area contributed by atoms with Crippen LogP contribution < -0.4 is 16.4 Å². The van der Waals surface area contributed by atoms with Gasteiger partial charge >= 0.3 is 0 Å². The molecule has 0 aliphatic heterocycles. The van der Waals surface area contributed by atoms with Crippen LogP contribution in [0.25, 0.3) is 0 Å². The highest BCUT2D eigenvalue weighted by atomic mass is 32.2. The minimum Gasteiger partial charge on any atom is -0.370 e. The van der Waals surface area contributed by atoms with Crippen LogP contribution in [0.1, 0.15) is 13.3 Å². The molecule has 4 N–H and O–H groups in total.